The van der Waals surface area contributed by atoms with Crippen LogP contribution in [0.15, 0.2) is 25.3 Å². The van der Waals surface area contributed by atoms with Crippen LogP contribution < -0.4 is 0 Å². The first-order chi connectivity index (χ1) is 5.10. The van der Waals surface area contributed by atoms with E-state index in [0.717, 1.165) is 0 Å². The van der Waals surface area contributed by atoms with Gasteiger partial charge in [-0.25, -0.2) is 0 Å². The zero-order chi connectivity index (χ0) is 8.91. The average molecular weight is 152 g/mol. The lowest BCUT2D eigenvalue weighted by molar-refractivity contribution is 0.134. The van der Waals surface area contributed by atoms with Crippen molar-refractivity contribution in [1.82, 2.24) is 0 Å². The lowest BCUT2D eigenvalue weighted by Gasteiger charge is -2.20. The molecule has 0 bridgehead atoms. The summed E-state index contributed by atoms with van der Waals surface area (Å²) in [4.78, 5) is 0. The van der Waals surface area contributed by atoms with E-state index < -0.39 is 12.9 Å². The summed E-state index contributed by atoms with van der Waals surface area (Å²) >= 11 is 0. The topological polar surface area (TPSA) is 49.7 Å². The predicted molar refractivity (Wildman–Crippen MR) is 43.2 cm³/mol. The molecule has 0 radical (unpaired) electrons. The fourth-order valence-electron chi connectivity index (χ4n) is 0.506. The van der Waals surface area contributed by atoms with Crippen molar-refractivity contribution in [3.63, 3.8) is 0 Å². The van der Waals surface area contributed by atoms with E-state index in [0.29, 0.717) is 0 Å². The molecule has 0 fully saturated rings. The van der Waals surface area contributed by atoms with Crippen LogP contribution in [0, 0.1) is 12.3 Å². The molecule has 0 heterocycles. The first kappa shape index (κ1) is 9.98. The molecular weight excluding hydrogens is 143 g/mol. The molecule has 0 spiro atoms. The van der Waals surface area contributed by atoms with E-state index in [1.807, 2.05) is 0 Å². The van der Waals surface area contributed by atoms with E-state index in [4.69, 9.17) is 16.5 Å². The Labute approximate surface area is 66.2 Å². The Bertz CT molecular complexity index is 184. The van der Waals surface area contributed by atoms with Gasteiger partial charge in [-0.1, -0.05) is 19.1 Å². The molecule has 0 amide bonds. The van der Waals surface area contributed by atoms with Gasteiger partial charge >= 0.3 is 7.32 Å². The minimum Gasteiger partial charge on any atom is -0.402 e. The van der Waals surface area contributed by atoms with E-state index in [1.165, 1.54) is 12.2 Å². The van der Waals surface area contributed by atoms with Crippen molar-refractivity contribution in [1.29, 1.82) is 0 Å². The van der Waals surface area contributed by atoms with Crippen molar-refractivity contribution >= 4 is 7.32 Å². The molecule has 0 aromatic heterocycles. The molecule has 0 aliphatic heterocycles. The van der Waals surface area contributed by atoms with E-state index in [1.54, 1.807) is 0 Å². The number of hydrogen-bond donors (Lipinski definition) is 2. The molecule has 0 rings (SSSR count). The Hall–Kier alpha value is -1.02. The summed E-state index contributed by atoms with van der Waals surface area (Å²) in [7, 11) is -1.93. The summed E-state index contributed by atoms with van der Waals surface area (Å²) in [6.45, 7) is 6.73. The second-order valence-electron chi connectivity index (χ2n) is 1.79. The Morgan fingerprint density at radius 2 is 1.91 bits per heavy atom. The van der Waals surface area contributed by atoms with Crippen molar-refractivity contribution in [2.75, 3.05) is 0 Å². The second-order valence-corrected chi connectivity index (χ2v) is 1.79. The molecule has 11 heavy (non-hydrogen) atoms. The molecule has 2 N–H and O–H groups in total. The normalized spacial score (nSPS) is 9.91. The molecule has 4 heteroatoms. The summed E-state index contributed by atoms with van der Waals surface area (Å²) in [6.07, 6.45) is 7.54. The second kappa shape index (κ2) is 3.99. The van der Waals surface area contributed by atoms with Crippen LogP contribution in [-0.4, -0.2) is 23.0 Å². The molecule has 3 nitrogen and oxygen atoms in total. The van der Waals surface area contributed by atoms with Crippen LogP contribution in [0.1, 0.15) is 0 Å². The third kappa shape index (κ3) is 2.60. The van der Waals surface area contributed by atoms with Gasteiger partial charge in [-0.2, -0.15) is 0 Å². The lowest BCUT2D eigenvalue weighted by Crippen LogP contribution is -2.33. The molecule has 0 saturated carbocycles. The molecular formula is C7H9BO3. The highest BCUT2D eigenvalue weighted by atomic mass is 16.6. The van der Waals surface area contributed by atoms with Crippen molar-refractivity contribution in [3.05, 3.63) is 25.3 Å². The van der Waals surface area contributed by atoms with Gasteiger partial charge in [0, 0.05) is 0 Å². The van der Waals surface area contributed by atoms with Crippen molar-refractivity contribution in [2.45, 2.75) is 5.60 Å². The van der Waals surface area contributed by atoms with Gasteiger partial charge in [0.05, 0.1) is 0 Å². The summed E-state index contributed by atoms with van der Waals surface area (Å²) in [6, 6.07) is 0. The maximum absolute atomic E-state index is 8.42. The smallest absolute Gasteiger partial charge is 0.402 e. The van der Waals surface area contributed by atoms with Crippen LogP contribution in [-0.2, 0) is 4.65 Å². The first-order valence-corrected chi connectivity index (χ1v) is 2.89. The van der Waals surface area contributed by atoms with Gasteiger partial charge in [0.25, 0.3) is 0 Å². The first-order valence-electron chi connectivity index (χ1n) is 2.89. The van der Waals surface area contributed by atoms with Crippen molar-refractivity contribution in [2.24, 2.45) is 0 Å². The van der Waals surface area contributed by atoms with Crippen molar-refractivity contribution < 1.29 is 14.7 Å². The van der Waals surface area contributed by atoms with Crippen LogP contribution >= 0.6 is 0 Å². The van der Waals surface area contributed by atoms with E-state index >= 15 is 0 Å². The summed E-state index contributed by atoms with van der Waals surface area (Å²) in [5.74, 6) is 2.17. The molecule has 0 aromatic rings. The van der Waals surface area contributed by atoms with E-state index in [9.17, 15) is 0 Å². The Kier molecular flexibility index (Phi) is 3.62. The van der Waals surface area contributed by atoms with Gasteiger partial charge in [-0.3, -0.25) is 0 Å². The quantitative estimate of drug-likeness (QED) is 0.330. The fourth-order valence-corrected chi connectivity index (χ4v) is 0.506. The van der Waals surface area contributed by atoms with E-state index in [-0.39, 0.29) is 0 Å². The minimum atomic E-state index is -1.93. The van der Waals surface area contributed by atoms with Crippen LogP contribution in [0.2, 0.25) is 0 Å². The summed E-state index contributed by atoms with van der Waals surface area (Å²) in [5.41, 5.74) is -1.30. The maximum atomic E-state index is 8.42. The number of hydrogen-bond acceptors (Lipinski definition) is 3. The summed E-state index contributed by atoms with van der Waals surface area (Å²) in [5, 5.41) is 16.8. The van der Waals surface area contributed by atoms with Crippen LogP contribution in [0.3, 0.4) is 0 Å². The van der Waals surface area contributed by atoms with Crippen LogP contribution in [0.25, 0.3) is 0 Å². The monoisotopic (exact) mass is 152 g/mol. The van der Waals surface area contributed by atoms with Crippen LogP contribution in [0.5, 0.6) is 0 Å². The van der Waals surface area contributed by atoms with Gasteiger partial charge in [0.15, 0.2) is 5.60 Å². The third-order valence-corrected chi connectivity index (χ3v) is 1.13. The zero-order valence-electron chi connectivity index (χ0n) is 6.03. The molecule has 0 atom stereocenters. The molecule has 58 valence electrons. The Morgan fingerprint density at radius 1 is 1.45 bits per heavy atom. The molecule has 0 aromatic carbocycles. The summed E-state index contributed by atoms with van der Waals surface area (Å²) < 4.78 is 4.52. The average Bonchev–Trinajstić information content (AvgIpc) is 2.00. The fraction of sp³-hybridized carbons (Fsp3) is 0.143. The van der Waals surface area contributed by atoms with Crippen molar-refractivity contribution in [3.8, 4) is 12.3 Å². The van der Waals surface area contributed by atoms with Gasteiger partial charge in [0.1, 0.15) is 0 Å². The third-order valence-electron chi connectivity index (χ3n) is 1.13. The molecule has 0 aliphatic carbocycles. The highest BCUT2D eigenvalue weighted by Crippen LogP contribution is 2.12. The van der Waals surface area contributed by atoms with Gasteiger partial charge < -0.3 is 14.7 Å². The standard InChI is InChI=1S/C7H9BO3/c1-4-7(5-2,6-3)11-8(9)10/h1,5-6,9-10H,2-3H2. The molecule has 0 saturated heterocycles. The predicted octanol–water partition coefficient (Wildman–Crippen LogP) is -0.284. The minimum absolute atomic E-state index is 1.25. The van der Waals surface area contributed by atoms with Gasteiger partial charge in [-0.05, 0) is 12.2 Å². The largest absolute Gasteiger partial charge is 0.635 e. The van der Waals surface area contributed by atoms with Gasteiger partial charge in [0.2, 0.25) is 0 Å². The zero-order valence-corrected chi connectivity index (χ0v) is 6.03. The molecule has 0 aliphatic rings. The highest BCUT2D eigenvalue weighted by Gasteiger charge is 2.26. The van der Waals surface area contributed by atoms with Crippen LogP contribution in [0.4, 0.5) is 0 Å². The highest BCUT2D eigenvalue weighted by molar-refractivity contribution is 6.33. The number of terminal acetylenes is 1. The SMILES string of the molecule is C#CC(C=C)(C=C)OB(O)O. The Morgan fingerprint density at radius 3 is 2.00 bits per heavy atom. The Balaban J connectivity index is 4.45. The molecule has 0 unspecified atom stereocenters. The van der Waals surface area contributed by atoms with E-state index in [2.05, 4.69) is 23.7 Å². The van der Waals surface area contributed by atoms with Gasteiger partial charge in [-0.15, -0.1) is 6.42 Å². The maximum Gasteiger partial charge on any atom is 0.635 e. The lowest BCUT2D eigenvalue weighted by atomic mass is 10.0. The number of rotatable bonds is 4.